The number of likely N-dealkylation sites (tertiary alicyclic amines) is 1. The van der Waals surface area contributed by atoms with Gasteiger partial charge in [-0.15, -0.1) is 0 Å². The molecule has 34 heavy (non-hydrogen) atoms. The van der Waals surface area contributed by atoms with Crippen molar-refractivity contribution in [2.24, 2.45) is 0 Å². The molecule has 0 spiro atoms. The molecule has 1 aromatic carbocycles. The van der Waals surface area contributed by atoms with Crippen molar-refractivity contribution in [1.82, 2.24) is 19.9 Å². The quantitative estimate of drug-likeness (QED) is 0.375. The number of ether oxygens (including phenoxy) is 1. The summed E-state index contributed by atoms with van der Waals surface area (Å²) >= 11 is 0. The van der Waals surface area contributed by atoms with Crippen LogP contribution in [0.2, 0.25) is 0 Å². The van der Waals surface area contributed by atoms with Gasteiger partial charge in [-0.3, -0.25) is 20.6 Å². The molecule has 3 N–H and O–H groups in total. The minimum atomic E-state index is -0.370. The van der Waals surface area contributed by atoms with Gasteiger partial charge < -0.3 is 15.0 Å². The molecule has 0 aliphatic carbocycles. The number of benzene rings is 1. The molecule has 1 amide bonds. The number of carbonyl (C=O) groups excluding carboxylic acids is 1. The average molecular weight is 462 g/mol. The Morgan fingerprint density at radius 1 is 1.26 bits per heavy atom. The van der Waals surface area contributed by atoms with Crippen molar-refractivity contribution < 1.29 is 13.9 Å². The van der Waals surface area contributed by atoms with Gasteiger partial charge in [0.25, 0.3) is 0 Å². The lowest BCUT2D eigenvalue weighted by Crippen LogP contribution is -2.38. The van der Waals surface area contributed by atoms with Crippen molar-refractivity contribution in [2.45, 2.75) is 25.7 Å². The summed E-state index contributed by atoms with van der Waals surface area (Å²) < 4.78 is 18.6. The van der Waals surface area contributed by atoms with Crippen molar-refractivity contribution in [3.8, 4) is 11.3 Å². The molecule has 1 atom stereocenters. The monoisotopic (exact) mass is 461 g/mol. The zero-order valence-electron chi connectivity index (χ0n) is 18.6. The number of amides is 1. The van der Waals surface area contributed by atoms with Crippen molar-refractivity contribution in [1.29, 1.82) is 10.8 Å². The summed E-state index contributed by atoms with van der Waals surface area (Å²) in [5, 5.41) is 18.1. The summed E-state index contributed by atoms with van der Waals surface area (Å²) in [6, 6.07) is 9.50. The maximum Gasteiger partial charge on any atom is 0.222 e. The molecule has 0 bridgehead atoms. The molecule has 1 saturated heterocycles. The summed E-state index contributed by atoms with van der Waals surface area (Å²) in [5.74, 6) is 0.425. The maximum atomic E-state index is 13.7. The zero-order chi connectivity index (χ0) is 24.1. The van der Waals surface area contributed by atoms with Gasteiger partial charge in [-0.1, -0.05) is 6.07 Å². The molecule has 1 unspecified atom stereocenters. The summed E-state index contributed by atoms with van der Waals surface area (Å²) in [6.45, 7) is 2.79. The van der Waals surface area contributed by atoms with Gasteiger partial charge in [0.15, 0.2) is 6.40 Å². The number of nitrogens with one attached hydrogen (secondary N) is 3. The third-order valence-corrected chi connectivity index (χ3v) is 5.55. The molecule has 4 rings (SSSR count). The van der Waals surface area contributed by atoms with Gasteiger partial charge in [-0.2, -0.15) is 0 Å². The number of carbonyl (C=O) groups is 1. The Labute approximate surface area is 196 Å². The van der Waals surface area contributed by atoms with Crippen LogP contribution in [0.15, 0.2) is 48.8 Å². The molecular formula is C24H24FN7O2. The number of nitrogens with zero attached hydrogens (tertiary/aromatic N) is 4. The second-order valence-electron chi connectivity index (χ2n) is 7.96. The molecule has 0 radical (unpaired) electrons. The van der Waals surface area contributed by atoms with Crippen LogP contribution in [-0.2, 0) is 9.53 Å². The Hall–Kier alpha value is -4.21. The fraction of sp³-hybridized carbons (Fsp3) is 0.250. The second-order valence-corrected chi connectivity index (χ2v) is 7.96. The molecule has 1 aliphatic rings. The van der Waals surface area contributed by atoms with Gasteiger partial charge in [0.05, 0.1) is 11.3 Å². The van der Waals surface area contributed by atoms with E-state index in [1.165, 1.54) is 18.3 Å². The summed E-state index contributed by atoms with van der Waals surface area (Å²) in [7, 11) is 0. The lowest BCUT2D eigenvalue weighted by atomic mass is 9.96. The van der Waals surface area contributed by atoms with E-state index < -0.39 is 0 Å². The highest BCUT2D eigenvalue weighted by atomic mass is 19.1. The van der Waals surface area contributed by atoms with E-state index in [0.717, 1.165) is 12.8 Å². The van der Waals surface area contributed by atoms with Gasteiger partial charge in [-0.25, -0.2) is 14.4 Å². The fourth-order valence-corrected chi connectivity index (χ4v) is 3.88. The maximum absolute atomic E-state index is 13.7. The number of anilines is 2. The van der Waals surface area contributed by atoms with Crippen molar-refractivity contribution in [3.05, 3.63) is 66.0 Å². The first-order valence-electron chi connectivity index (χ1n) is 10.8. The van der Waals surface area contributed by atoms with Crippen LogP contribution >= 0.6 is 0 Å². The normalized spacial score (nSPS) is 15.5. The van der Waals surface area contributed by atoms with Crippen LogP contribution < -0.4 is 5.32 Å². The molecule has 10 heteroatoms. The Morgan fingerprint density at radius 3 is 2.88 bits per heavy atom. The first kappa shape index (κ1) is 23.0. The Morgan fingerprint density at radius 2 is 2.12 bits per heavy atom. The van der Waals surface area contributed by atoms with Crippen LogP contribution in [-0.4, -0.2) is 51.1 Å². The molecule has 0 saturated carbocycles. The Kier molecular flexibility index (Phi) is 6.86. The van der Waals surface area contributed by atoms with Crippen LogP contribution in [0.1, 0.15) is 37.1 Å². The number of halogens is 1. The molecule has 1 fully saturated rings. The third kappa shape index (κ3) is 5.40. The first-order valence-corrected chi connectivity index (χ1v) is 10.8. The highest BCUT2D eigenvalue weighted by molar-refractivity contribution is 5.95. The second kappa shape index (κ2) is 10.2. The number of aromatic nitrogens is 3. The molecular weight excluding hydrogens is 437 g/mol. The fourth-order valence-electron chi connectivity index (χ4n) is 3.88. The van der Waals surface area contributed by atoms with Gasteiger partial charge in [0, 0.05) is 55.6 Å². The highest BCUT2D eigenvalue weighted by Gasteiger charge is 2.26. The van der Waals surface area contributed by atoms with Crippen LogP contribution in [0.5, 0.6) is 0 Å². The topological polar surface area (TPSA) is 128 Å². The predicted octanol–water partition coefficient (Wildman–Crippen LogP) is 4.10. The molecule has 174 valence electrons. The molecule has 1 aliphatic heterocycles. The van der Waals surface area contributed by atoms with Gasteiger partial charge in [0.1, 0.15) is 17.5 Å². The molecule has 3 aromatic rings. The summed E-state index contributed by atoms with van der Waals surface area (Å²) in [4.78, 5) is 27.4. The van der Waals surface area contributed by atoms with E-state index in [-0.39, 0.29) is 23.5 Å². The van der Waals surface area contributed by atoms with Crippen molar-refractivity contribution >= 4 is 29.7 Å². The van der Waals surface area contributed by atoms with E-state index >= 15 is 0 Å². The van der Waals surface area contributed by atoms with E-state index in [1.54, 1.807) is 42.3 Å². The Balaban J connectivity index is 1.74. The minimum absolute atomic E-state index is 0.0144. The zero-order valence-corrected chi connectivity index (χ0v) is 18.6. The van der Waals surface area contributed by atoms with Crippen LogP contribution in [0, 0.1) is 16.6 Å². The van der Waals surface area contributed by atoms with Crippen LogP contribution in [0.4, 0.5) is 15.9 Å². The van der Waals surface area contributed by atoms with E-state index in [1.807, 2.05) is 0 Å². The number of pyridine rings is 1. The van der Waals surface area contributed by atoms with Crippen LogP contribution in [0.25, 0.3) is 11.3 Å². The minimum Gasteiger partial charge on any atom is -0.428 e. The number of hydrogen-bond acceptors (Lipinski definition) is 8. The largest absolute Gasteiger partial charge is 0.428 e. The summed E-state index contributed by atoms with van der Waals surface area (Å²) in [5.41, 5.74) is 2.11. The molecule has 2 aromatic heterocycles. The van der Waals surface area contributed by atoms with Gasteiger partial charge in [-0.05, 0) is 37.1 Å². The Bertz CT molecular complexity index is 1230. The SMILES string of the molecule is CC(=O)N1CCCC(c2nc(Nc3cccc(F)c3)cc(-c3cncc(C(=N)OC=N)c3)n2)C1. The standard InChI is InChI=1S/C24H24FN7O2/c1-15(33)32-7-3-4-16(13-32)24-30-21(17-8-18(12-28-11-17)23(27)34-14-26)10-22(31-24)29-20-6-2-5-19(25)9-20/h2,5-6,8-12,14,16,26-27H,3-4,7,13H2,1H3,(H,29,30,31). The third-order valence-electron chi connectivity index (χ3n) is 5.55. The number of piperidine rings is 1. The lowest BCUT2D eigenvalue weighted by Gasteiger charge is -2.31. The van der Waals surface area contributed by atoms with E-state index in [2.05, 4.69) is 15.3 Å². The van der Waals surface area contributed by atoms with E-state index in [9.17, 15) is 9.18 Å². The highest BCUT2D eigenvalue weighted by Crippen LogP contribution is 2.29. The molecule has 9 nitrogen and oxygen atoms in total. The van der Waals surface area contributed by atoms with E-state index in [4.69, 9.17) is 20.5 Å². The average Bonchev–Trinajstić information content (AvgIpc) is 2.84. The number of rotatable bonds is 6. The van der Waals surface area contributed by atoms with E-state index in [0.29, 0.717) is 53.6 Å². The number of hydrogen-bond donors (Lipinski definition) is 3. The summed E-state index contributed by atoms with van der Waals surface area (Å²) in [6.07, 6.45) is 5.45. The first-order chi connectivity index (χ1) is 16.4. The van der Waals surface area contributed by atoms with Gasteiger partial charge >= 0.3 is 0 Å². The smallest absolute Gasteiger partial charge is 0.222 e. The van der Waals surface area contributed by atoms with Crippen molar-refractivity contribution in [3.63, 3.8) is 0 Å². The molecule has 3 heterocycles. The van der Waals surface area contributed by atoms with Gasteiger partial charge in [0.2, 0.25) is 11.8 Å². The lowest BCUT2D eigenvalue weighted by molar-refractivity contribution is -0.130. The van der Waals surface area contributed by atoms with Crippen molar-refractivity contribution in [2.75, 3.05) is 18.4 Å². The van der Waals surface area contributed by atoms with Crippen LogP contribution in [0.3, 0.4) is 0 Å². The predicted molar refractivity (Wildman–Crippen MR) is 126 cm³/mol.